The Morgan fingerprint density at radius 2 is 1.96 bits per heavy atom. The summed E-state index contributed by atoms with van der Waals surface area (Å²) in [5.74, 6) is -0.180. The quantitative estimate of drug-likeness (QED) is 0.909. The van der Waals surface area contributed by atoms with Crippen LogP contribution in [0, 0.1) is 18.3 Å². The number of benzene rings is 2. The molecule has 0 saturated heterocycles. The molecule has 0 aromatic heterocycles. The van der Waals surface area contributed by atoms with Crippen LogP contribution in [-0.4, -0.2) is 25.5 Å². The molecule has 0 saturated carbocycles. The van der Waals surface area contributed by atoms with Gasteiger partial charge in [0.2, 0.25) is 11.8 Å². The molecule has 0 heterocycles. The minimum atomic E-state index is -0.401. The van der Waals surface area contributed by atoms with Crippen molar-refractivity contribution >= 4 is 23.2 Å². The molecule has 128 valence electrons. The Hall–Kier alpha value is -3.33. The first-order valence-corrected chi connectivity index (χ1v) is 7.68. The molecule has 0 spiro atoms. The first-order valence-electron chi connectivity index (χ1n) is 7.68. The number of nitriles is 1. The molecule has 0 atom stereocenters. The zero-order valence-electron chi connectivity index (χ0n) is 14.4. The van der Waals surface area contributed by atoms with E-state index in [-0.39, 0.29) is 12.5 Å². The van der Waals surface area contributed by atoms with Gasteiger partial charge >= 0.3 is 0 Å². The Labute approximate surface area is 146 Å². The van der Waals surface area contributed by atoms with Gasteiger partial charge in [-0.2, -0.15) is 5.26 Å². The van der Waals surface area contributed by atoms with Crippen LogP contribution in [0.1, 0.15) is 18.1 Å². The zero-order chi connectivity index (χ0) is 18.4. The SMILES string of the molecule is COc1ccc(C)cc1N(CC(=O)Nc1ccccc1C#N)C(C)=O. The van der Waals surface area contributed by atoms with Crippen LogP contribution >= 0.6 is 0 Å². The number of para-hydroxylation sites is 1. The van der Waals surface area contributed by atoms with Crippen molar-refractivity contribution in [1.29, 1.82) is 5.26 Å². The van der Waals surface area contributed by atoms with Gasteiger partial charge in [0.05, 0.1) is 24.0 Å². The van der Waals surface area contributed by atoms with Crippen LogP contribution in [0.5, 0.6) is 5.75 Å². The van der Waals surface area contributed by atoms with Gasteiger partial charge in [0.1, 0.15) is 18.4 Å². The van der Waals surface area contributed by atoms with E-state index >= 15 is 0 Å². The van der Waals surface area contributed by atoms with Gasteiger partial charge in [0.15, 0.2) is 0 Å². The lowest BCUT2D eigenvalue weighted by atomic mass is 10.1. The molecule has 2 aromatic rings. The van der Waals surface area contributed by atoms with Gasteiger partial charge in [-0.1, -0.05) is 18.2 Å². The summed E-state index contributed by atoms with van der Waals surface area (Å²) in [6.07, 6.45) is 0. The van der Waals surface area contributed by atoms with Crippen molar-refractivity contribution in [3.05, 3.63) is 53.6 Å². The molecule has 0 aliphatic carbocycles. The Morgan fingerprint density at radius 1 is 1.24 bits per heavy atom. The van der Waals surface area contributed by atoms with E-state index in [1.54, 1.807) is 36.4 Å². The number of aryl methyl sites for hydroxylation is 1. The lowest BCUT2D eigenvalue weighted by Crippen LogP contribution is -2.37. The minimum Gasteiger partial charge on any atom is -0.495 e. The van der Waals surface area contributed by atoms with E-state index in [2.05, 4.69) is 5.32 Å². The molecule has 0 bridgehead atoms. The molecule has 0 unspecified atom stereocenters. The van der Waals surface area contributed by atoms with E-state index < -0.39 is 5.91 Å². The highest BCUT2D eigenvalue weighted by molar-refractivity contribution is 6.03. The number of ether oxygens (including phenoxy) is 1. The fraction of sp³-hybridized carbons (Fsp3) is 0.211. The highest BCUT2D eigenvalue weighted by Crippen LogP contribution is 2.29. The fourth-order valence-electron chi connectivity index (χ4n) is 2.40. The molecule has 0 fully saturated rings. The third kappa shape index (κ3) is 4.36. The standard InChI is InChI=1S/C19H19N3O3/c1-13-8-9-18(25-3)17(10-13)22(14(2)23)12-19(24)21-16-7-5-4-6-15(16)11-20/h4-10H,12H2,1-3H3,(H,21,24). The summed E-state index contributed by atoms with van der Waals surface area (Å²) in [5.41, 5.74) is 2.24. The van der Waals surface area contributed by atoms with E-state index in [1.165, 1.54) is 18.9 Å². The number of amides is 2. The molecule has 0 radical (unpaired) electrons. The Bertz CT molecular complexity index is 840. The second-order valence-electron chi connectivity index (χ2n) is 5.49. The second kappa shape index (κ2) is 7.97. The average Bonchev–Trinajstić information content (AvgIpc) is 2.60. The highest BCUT2D eigenvalue weighted by Gasteiger charge is 2.20. The monoisotopic (exact) mass is 337 g/mol. The molecule has 25 heavy (non-hydrogen) atoms. The smallest absolute Gasteiger partial charge is 0.244 e. The number of hydrogen-bond donors (Lipinski definition) is 1. The lowest BCUT2D eigenvalue weighted by molar-refractivity contribution is -0.120. The number of anilines is 2. The van der Waals surface area contributed by atoms with Crippen LogP contribution in [0.3, 0.4) is 0 Å². The topological polar surface area (TPSA) is 82.4 Å². The average molecular weight is 337 g/mol. The first-order chi connectivity index (χ1) is 12.0. The summed E-state index contributed by atoms with van der Waals surface area (Å²) in [7, 11) is 1.51. The van der Waals surface area contributed by atoms with E-state index in [4.69, 9.17) is 10.00 Å². The maximum absolute atomic E-state index is 12.4. The van der Waals surface area contributed by atoms with Gasteiger partial charge in [-0.3, -0.25) is 14.5 Å². The summed E-state index contributed by atoms with van der Waals surface area (Å²) in [5, 5.41) is 11.8. The number of carbonyl (C=O) groups is 2. The van der Waals surface area contributed by atoms with Crippen LogP contribution in [0.15, 0.2) is 42.5 Å². The number of rotatable bonds is 5. The van der Waals surface area contributed by atoms with Crippen molar-refractivity contribution < 1.29 is 14.3 Å². The lowest BCUT2D eigenvalue weighted by Gasteiger charge is -2.23. The van der Waals surface area contributed by atoms with Crippen LogP contribution in [-0.2, 0) is 9.59 Å². The molecule has 0 aliphatic heterocycles. The summed E-state index contributed by atoms with van der Waals surface area (Å²) in [6.45, 7) is 3.09. The van der Waals surface area contributed by atoms with Gasteiger partial charge in [-0.15, -0.1) is 0 Å². The molecule has 6 heteroatoms. The largest absolute Gasteiger partial charge is 0.495 e. The number of nitrogens with one attached hydrogen (secondary N) is 1. The molecule has 1 N–H and O–H groups in total. The third-order valence-electron chi connectivity index (χ3n) is 3.63. The highest BCUT2D eigenvalue weighted by atomic mass is 16.5. The van der Waals surface area contributed by atoms with Crippen LogP contribution in [0.2, 0.25) is 0 Å². The second-order valence-corrected chi connectivity index (χ2v) is 5.49. The summed E-state index contributed by atoms with van der Waals surface area (Å²) in [6, 6.07) is 14.1. The van der Waals surface area contributed by atoms with Crippen molar-refractivity contribution in [2.24, 2.45) is 0 Å². The third-order valence-corrected chi connectivity index (χ3v) is 3.63. The van der Waals surface area contributed by atoms with Gasteiger partial charge in [-0.05, 0) is 36.8 Å². The predicted molar refractivity (Wildman–Crippen MR) is 95.5 cm³/mol. The molecular weight excluding hydrogens is 318 g/mol. The Balaban J connectivity index is 2.25. The van der Waals surface area contributed by atoms with Crippen molar-refractivity contribution in [2.75, 3.05) is 23.9 Å². The van der Waals surface area contributed by atoms with Crippen LogP contribution in [0.25, 0.3) is 0 Å². The van der Waals surface area contributed by atoms with Crippen LogP contribution in [0.4, 0.5) is 11.4 Å². The van der Waals surface area contributed by atoms with Crippen molar-refractivity contribution in [3.63, 3.8) is 0 Å². The normalized spacial score (nSPS) is 9.84. The van der Waals surface area contributed by atoms with Crippen molar-refractivity contribution in [2.45, 2.75) is 13.8 Å². The Morgan fingerprint density at radius 3 is 2.60 bits per heavy atom. The summed E-state index contributed by atoms with van der Waals surface area (Å²) < 4.78 is 5.30. The van der Waals surface area contributed by atoms with E-state index in [0.717, 1.165) is 5.56 Å². The summed E-state index contributed by atoms with van der Waals surface area (Å²) >= 11 is 0. The van der Waals surface area contributed by atoms with Gasteiger partial charge in [0, 0.05) is 6.92 Å². The predicted octanol–water partition coefficient (Wildman–Crippen LogP) is 2.87. The number of methoxy groups -OCH3 is 1. The number of carbonyl (C=O) groups excluding carboxylic acids is 2. The molecule has 2 aromatic carbocycles. The maximum Gasteiger partial charge on any atom is 0.244 e. The van der Waals surface area contributed by atoms with E-state index in [0.29, 0.717) is 22.7 Å². The number of hydrogen-bond acceptors (Lipinski definition) is 4. The maximum atomic E-state index is 12.4. The van der Waals surface area contributed by atoms with E-state index in [9.17, 15) is 9.59 Å². The van der Waals surface area contributed by atoms with E-state index in [1.807, 2.05) is 19.1 Å². The van der Waals surface area contributed by atoms with Gasteiger partial charge in [-0.25, -0.2) is 0 Å². The van der Waals surface area contributed by atoms with Crippen molar-refractivity contribution in [3.8, 4) is 11.8 Å². The Kier molecular flexibility index (Phi) is 5.75. The molecular formula is C19H19N3O3. The molecule has 6 nitrogen and oxygen atoms in total. The van der Waals surface area contributed by atoms with Crippen molar-refractivity contribution in [1.82, 2.24) is 0 Å². The van der Waals surface area contributed by atoms with Gasteiger partial charge < -0.3 is 10.1 Å². The number of nitrogens with zero attached hydrogens (tertiary/aromatic N) is 2. The molecule has 2 rings (SSSR count). The van der Waals surface area contributed by atoms with Crippen LogP contribution < -0.4 is 15.0 Å². The zero-order valence-corrected chi connectivity index (χ0v) is 14.4. The molecule has 2 amide bonds. The minimum absolute atomic E-state index is 0.186. The van der Waals surface area contributed by atoms with Gasteiger partial charge in [0.25, 0.3) is 0 Å². The molecule has 0 aliphatic rings. The fourth-order valence-corrected chi connectivity index (χ4v) is 2.40. The summed E-state index contributed by atoms with van der Waals surface area (Å²) in [4.78, 5) is 25.8. The first kappa shape index (κ1) is 18.0.